The molecule has 0 heterocycles. The van der Waals surface area contributed by atoms with Crippen LogP contribution >= 0.6 is 11.8 Å². The van der Waals surface area contributed by atoms with Crippen molar-refractivity contribution >= 4 is 11.8 Å². The molecule has 0 aromatic carbocycles. The summed E-state index contributed by atoms with van der Waals surface area (Å²) < 4.78 is 0. The van der Waals surface area contributed by atoms with E-state index in [2.05, 4.69) is 6.92 Å². The van der Waals surface area contributed by atoms with Gasteiger partial charge < -0.3 is 10.2 Å². The van der Waals surface area contributed by atoms with Crippen molar-refractivity contribution in [3.05, 3.63) is 0 Å². The highest BCUT2D eigenvalue weighted by Gasteiger charge is 2.00. The molecule has 1 unspecified atom stereocenters. The average Bonchev–Trinajstić information content (AvgIpc) is 2.31. The molecule has 0 saturated heterocycles. The lowest BCUT2D eigenvalue weighted by atomic mass is 10.1. The van der Waals surface area contributed by atoms with Crippen molar-refractivity contribution in [1.82, 2.24) is 0 Å². The zero-order valence-corrected chi connectivity index (χ0v) is 11.5. The average molecular weight is 248 g/mol. The zero-order chi connectivity index (χ0) is 12.1. The summed E-state index contributed by atoms with van der Waals surface area (Å²) in [7, 11) is 0. The molecule has 0 amide bonds. The Kier molecular flexibility index (Phi) is 13.6. The SMILES string of the molecule is CCCCCCCCSCCCC(O)CO. The van der Waals surface area contributed by atoms with Crippen LogP contribution in [0.25, 0.3) is 0 Å². The van der Waals surface area contributed by atoms with E-state index in [1.807, 2.05) is 11.8 Å². The molecule has 0 spiro atoms. The van der Waals surface area contributed by atoms with E-state index in [1.54, 1.807) is 0 Å². The maximum atomic E-state index is 9.12. The lowest BCUT2D eigenvalue weighted by Gasteiger charge is -2.06. The molecule has 0 saturated carbocycles. The Balaban J connectivity index is 2.93. The molecule has 0 fully saturated rings. The summed E-state index contributed by atoms with van der Waals surface area (Å²) in [6.07, 6.45) is 9.43. The van der Waals surface area contributed by atoms with Crippen molar-refractivity contribution in [2.24, 2.45) is 0 Å². The van der Waals surface area contributed by atoms with Crippen molar-refractivity contribution in [2.45, 2.75) is 64.4 Å². The maximum absolute atomic E-state index is 9.12. The molecular weight excluding hydrogens is 220 g/mol. The predicted octanol–water partition coefficient (Wildman–Crippen LogP) is 3.21. The first-order valence-corrected chi connectivity index (χ1v) is 7.83. The Hall–Kier alpha value is 0.270. The maximum Gasteiger partial charge on any atom is 0.0771 e. The second-order valence-corrected chi connectivity index (χ2v) is 5.58. The molecule has 0 aliphatic carbocycles. The lowest BCUT2D eigenvalue weighted by Crippen LogP contribution is -2.11. The molecule has 1 atom stereocenters. The molecular formula is C13H28O2S. The Labute approximate surface area is 105 Å². The quantitative estimate of drug-likeness (QED) is 0.521. The summed E-state index contributed by atoms with van der Waals surface area (Å²) in [5.41, 5.74) is 0. The smallest absolute Gasteiger partial charge is 0.0771 e. The Morgan fingerprint density at radius 1 is 0.938 bits per heavy atom. The standard InChI is InChI=1S/C13H28O2S/c1-2-3-4-5-6-7-10-16-11-8-9-13(15)12-14/h13-15H,2-12H2,1H3. The third kappa shape index (κ3) is 12.3. The second-order valence-electron chi connectivity index (χ2n) is 4.36. The van der Waals surface area contributed by atoms with E-state index < -0.39 is 6.10 Å². The number of aliphatic hydroxyl groups excluding tert-OH is 2. The summed E-state index contributed by atoms with van der Waals surface area (Å²) >= 11 is 1.98. The highest BCUT2D eigenvalue weighted by atomic mass is 32.2. The molecule has 2 N–H and O–H groups in total. The van der Waals surface area contributed by atoms with Crippen LogP contribution in [0, 0.1) is 0 Å². The van der Waals surface area contributed by atoms with Gasteiger partial charge in [-0.05, 0) is 30.8 Å². The number of hydrogen-bond donors (Lipinski definition) is 2. The van der Waals surface area contributed by atoms with Gasteiger partial charge in [-0.15, -0.1) is 0 Å². The number of hydrogen-bond acceptors (Lipinski definition) is 3. The molecule has 3 heteroatoms. The van der Waals surface area contributed by atoms with E-state index in [-0.39, 0.29) is 6.61 Å². The Morgan fingerprint density at radius 2 is 1.56 bits per heavy atom. The van der Waals surface area contributed by atoms with Crippen molar-refractivity contribution in [1.29, 1.82) is 0 Å². The van der Waals surface area contributed by atoms with Crippen molar-refractivity contribution in [2.75, 3.05) is 18.1 Å². The van der Waals surface area contributed by atoms with Gasteiger partial charge in [0.05, 0.1) is 12.7 Å². The van der Waals surface area contributed by atoms with Crippen LogP contribution in [0.3, 0.4) is 0 Å². The summed E-state index contributed by atoms with van der Waals surface area (Å²) in [6, 6.07) is 0. The molecule has 2 nitrogen and oxygen atoms in total. The first-order valence-electron chi connectivity index (χ1n) is 6.68. The number of aliphatic hydroxyl groups is 2. The second kappa shape index (κ2) is 13.3. The van der Waals surface area contributed by atoms with Crippen LogP contribution in [0.15, 0.2) is 0 Å². The van der Waals surface area contributed by atoms with Crippen LogP contribution in [-0.2, 0) is 0 Å². The first-order chi connectivity index (χ1) is 7.81. The van der Waals surface area contributed by atoms with E-state index >= 15 is 0 Å². The van der Waals surface area contributed by atoms with Gasteiger partial charge in [0.2, 0.25) is 0 Å². The van der Waals surface area contributed by atoms with E-state index in [4.69, 9.17) is 10.2 Å². The number of unbranched alkanes of at least 4 members (excludes halogenated alkanes) is 5. The van der Waals surface area contributed by atoms with Gasteiger partial charge in [0.25, 0.3) is 0 Å². The van der Waals surface area contributed by atoms with Gasteiger partial charge in [0.15, 0.2) is 0 Å². The summed E-state index contributed by atoms with van der Waals surface area (Å²) in [6.45, 7) is 2.15. The molecule has 0 aromatic rings. The third-order valence-electron chi connectivity index (χ3n) is 2.68. The largest absolute Gasteiger partial charge is 0.394 e. The molecule has 0 bridgehead atoms. The lowest BCUT2D eigenvalue weighted by molar-refractivity contribution is 0.0880. The van der Waals surface area contributed by atoms with Crippen LogP contribution in [-0.4, -0.2) is 34.4 Å². The minimum absolute atomic E-state index is 0.0951. The van der Waals surface area contributed by atoms with Crippen molar-refractivity contribution in [3.63, 3.8) is 0 Å². The summed E-state index contributed by atoms with van der Waals surface area (Å²) in [5.74, 6) is 2.37. The monoisotopic (exact) mass is 248 g/mol. The number of rotatable bonds is 12. The van der Waals surface area contributed by atoms with Gasteiger partial charge in [-0.1, -0.05) is 39.0 Å². The fourth-order valence-corrected chi connectivity index (χ4v) is 2.58. The fourth-order valence-electron chi connectivity index (χ4n) is 1.60. The Morgan fingerprint density at radius 3 is 2.25 bits per heavy atom. The van der Waals surface area contributed by atoms with Crippen LogP contribution in [0.2, 0.25) is 0 Å². The highest BCUT2D eigenvalue weighted by molar-refractivity contribution is 7.99. The van der Waals surface area contributed by atoms with Gasteiger partial charge in [-0.3, -0.25) is 0 Å². The summed E-state index contributed by atoms with van der Waals surface area (Å²) in [4.78, 5) is 0. The minimum Gasteiger partial charge on any atom is -0.394 e. The molecule has 16 heavy (non-hydrogen) atoms. The molecule has 0 rings (SSSR count). The normalized spacial score (nSPS) is 12.9. The molecule has 0 aliphatic heterocycles. The topological polar surface area (TPSA) is 40.5 Å². The molecule has 98 valence electrons. The van der Waals surface area contributed by atoms with Crippen molar-refractivity contribution < 1.29 is 10.2 Å². The van der Waals surface area contributed by atoms with Crippen LogP contribution in [0.1, 0.15) is 58.3 Å². The molecule has 0 aromatic heterocycles. The number of thioether (sulfide) groups is 1. The highest BCUT2D eigenvalue weighted by Crippen LogP contribution is 2.11. The Bertz CT molecular complexity index is 131. The van der Waals surface area contributed by atoms with E-state index in [0.717, 1.165) is 18.6 Å². The van der Waals surface area contributed by atoms with Gasteiger partial charge in [-0.25, -0.2) is 0 Å². The van der Waals surface area contributed by atoms with Crippen LogP contribution < -0.4 is 0 Å². The van der Waals surface area contributed by atoms with Gasteiger partial charge >= 0.3 is 0 Å². The molecule has 0 radical (unpaired) electrons. The minimum atomic E-state index is -0.505. The van der Waals surface area contributed by atoms with E-state index in [0.29, 0.717) is 0 Å². The van der Waals surface area contributed by atoms with Crippen molar-refractivity contribution in [3.8, 4) is 0 Å². The fraction of sp³-hybridized carbons (Fsp3) is 1.00. The van der Waals surface area contributed by atoms with E-state index in [1.165, 1.54) is 44.3 Å². The van der Waals surface area contributed by atoms with Gasteiger partial charge in [0.1, 0.15) is 0 Å². The van der Waals surface area contributed by atoms with E-state index in [9.17, 15) is 0 Å². The molecule has 0 aliphatic rings. The third-order valence-corrected chi connectivity index (χ3v) is 3.83. The van der Waals surface area contributed by atoms with Crippen LogP contribution in [0.4, 0.5) is 0 Å². The van der Waals surface area contributed by atoms with Gasteiger partial charge in [-0.2, -0.15) is 11.8 Å². The summed E-state index contributed by atoms with van der Waals surface area (Å²) in [5, 5.41) is 17.7. The zero-order valence-electron chi connectivity index (χ0n) is 10.7. The van der Waals surface area contributed by atoms with Gasteiger partial charge in [0, 0.05) is 0 Å². The first kappa shape index (κ1) is 16.3. The van der Waals surface area contributed by atoms with Crippen LogP contribution in [0.5, 0.6) is 0 Å². The predicted molar refractivity (Wildman–Crippen MR) is 73.0 cm³/mol.